The van der Waals surface area contributed by atoms with Crippen molar-refractivity contribution >= 4 is 0 Å². The van der Waals surface area contributed by atoms with Gasteiger partial charge >= 0.3 is 0 Å². The Labute approximate surface area is 129 Å². The molecule has 0 aliphatic heterocycles. The van der Waals surface area contributed by atoms with Gasteiger partial charge in [-0.2, -0.15) is 0 Å². The summed E-state index contributed by atoms with van der Waals surface area (Å²) in [5.41, 5.74) is 11.2. The predicted octanol–water partition coefficient (Wildman–Crippen LogP) is 5.18. The number of hydrogen-bond acceptors (Lipinski definition) is 1. The molecule has 0 spiro atoms. The molecule has 0 saturated carbocycles. The minimum atomic E-state index is 0.349. The second-order valence-electron chi connectivity index (χ2n) is 6.10. The van der Waals surface area contributed by atoms with Gasteiger partial charge in [-0.3, -0.25) is 0 Å². The molecule has 0 saturated heterocycles. The van der Waals surface area contributed by atoms with Gasteiger partial charge in [0.15, 0.2) is 0 Å². The summed E-state index contributed by atoms with van der Waals surface area (Å²) in [4.78, 5) is 0. The third kappa shape index (κ3) is 2.63. The Hall–Kier alpha value is -1.60. The van der Waals surface area contributed by atoms with Crippen LogP contribution >= 0.6 is 0 Å². The number of benzene rings is 2. The first kappa shape index (κ1) is 15.8. The Morgan fingerprint density at radius 2 is 1.24 bits per heavy atom. The minimum Gasteiger partial charge on any atom is -0.313 e. The van der Waals surface area contributed by atoms with Gasteiger partial charge in [-0.05, 0) is 93.1 Å². The Morgan fingerprint density at radius 1 is 0.762 bits per heavy atom. The summed E-state index contributed by atoms with van der Waals surface area (Å²) in [5.74, 6) is 0. The van der Waals surface area contributed by atoms with E-state index in [1.54, 1.807) is 0 Å². The van der Waals surface area contributed by atoms with E-state index in [-0.39, 0.29) is 0 Å². The van der Waals surface area contributed by atoms with Crippen LogP contribution in [-0.4, -0.2) is 7.05 Å². The molecule has 0 fully saturated rings. The van der Waals surface area contributed by atoms with E-state index >= 15 is 0 Å². The zero-order valence-electron chi connectivity index (χ0n) is 14.4. The standard InChI is InChI=1S/C20H27N/c1-12-13(2)15(4)20(16(5)14(12)3)19-11-9-8-10-18(19)17(6)21-7/h8-11,17,21H,1-7H3. The SMILES string of the molecule is CNC(C)c1ccccc1-c1c(C)c(C)c(C)c(C)c1C. The molecule has 1 N–H and O–H groups in total. The molecule has 0 aliphatic rings. The van der Waals surface area contributed by atoms with Gasteiger partial charge in [0.05, 0.1) is 0 Å². The van der Waals surface area contributed by atoms with Crippen LogP contribution in [0.15, 0.2) is 24.3 Å². The number of hydrogen-bond donors (Lipinski definition) is 1. The highest BCUT2D eigenvalue weighted by Gasteiger charge is 2.17. The van der Waals surface area contributed by atoms with Gasteiger partial charge in [-0.25, -0.2) is 0 Å². The monoisotopic (exact) mass is 281 g/mol. The Bertz CT molecular complexity index is 639. The third-order valence-electron chi connectivity index (χ3n) is 5.13. The van der Waals surface area contributed by atoms with Crippen LogP contribution in [0.3, 0.4) is 0 Å². The van der Waals surface area contributed by atoms with Crippen LogP contribution in [0.4, 0.5) is 0 Å². The molecule has 1 unspecified atom stereocenters. The molecule has 0 radical (unpaired) electrons. The summed E-state index contributed by atoms with van der Waals surface area (Å²) in [6.07, 6.45) is 0. The van der Waals surface area contributed by atoms with Crippen LogP contribution in [0.1, 0.15) is 46.3 Å². The molecule has 0 bridgehead atoms. The van der Waals surface area contributed by atoms with E-state index < -0.39 is 0 Å². The zero-order valence-corrected chi connectivity index (χ0v) is 14.4. The maximum atomic E-state index is 3.37. The van der Waals surface area contributed by atoms with E-state index in [2.05, 4.69) is 71.1 Å². The highest BCUT2D eigenvalue weighted by Crippen LogP contribution is 2.37. The van der Waals surface area contributed by atoms with Crippen LogP contribution < -0.4 is 5.32 Å². The van der Waals surface area contributed by atoms with Gasteiger partial charge < -0.3 is 5.32 Å². The molecule has 0 heterocycles. The number of nitrogens with one attached hydrogen (secondary N) is 1. The largest absolute Gasteiger partial charge is 0.313 e. The fourth-order valence-electron chi connectivity index (χ4n) is 3.16. The van der Waals surface area contributed by atoms with Gasteiger partial charge in [-0.1, -0.05) is 24.3 Å². The van der Waals surface area contributed by atoms with Crippen LogP contribution in [0.5, 0.6) is 0 Å². The summed E-state index contributed by atoms with van der Waals surface area (Å²) in [5, 5.41) is 3.37. The van der Waals surface area contributed by atoms with Crippen molar-refractivity contribution in [3.63, 3.8) is 0 Å². The minimum absolute atomic E-state index is 0.349. The van der Waals surface area contributed by atoms with Crippen molar-refractivity contribution < 1.29 is 0 Å². The third-order valence-corrected chi connectivity index (χ3v) is 5.13. The topological polar surface area (TPSA) is 12.0 Å². The second kappa shape index (κ2) is 6.03. The highest BCUT2D eigenvalue weighted by molar-refractivity contribution is 5.77. The van der Waals surface area contributed by atoms with Crippen molar-refractivity contribution in [2.45, 2.75) is 47.6 Å². The van der Waals surface area contributed by atoms with E-state index in [1.807, 2.05) is 7.05 Å². The molecular formula is C20H27N. The lowest BCUT2D eigenvalue weighted by Crippen LogP contribution is -2.14. The molecule has 0 amide bonds. The van der Waals surface area contributed by atoms with Crippen molar-refractivity contribution in [2.24, 2.45) is 0 Å². The second-order valence-corrected chi connectivity index (χ2v) is 6.10. The van der Waals surface area contributed by atoms with E-state index in [0.717, 1.165) is 0 Å². The van der Waals surface area contributed by atoms with Crippen LogP contribution in [0.2, 0.25) is 0 Å². The molecule has 1 nitrogen and oxygen atoms in total. The fraction of sp³-hybridized carbons (Fsp3) is 0.400. The Kier molecular flexibility index (Phi) is 4.53. The maximum Gasteiger partial charge on any atom is 0.0295 e. The predicted molar refractivity (Wildman–Crippen MR) is 93.0 cm³/mol. The molecule has 21 heavy (non-hydrogen) atoms. The summed E-state index contributed by atoms with van der Waals surface area (Å²) in [6, 6.07) is 9.12. The lowest BCUT2D eigenvalue weighted by atomic mass is 9.84. The molecular weight excluding hydrogens is 254 g/mol. The van der Waals surface area contributed by atoms with Crippen LogP contribution in [-0.2, 0) is 0 Å². The molecule has 2 rings (SSSR count). The van der Waals surface area contributed by atoms with Crippen molar-refractivity contribution in [1.82, 2.24) is 5.32 Å². The van der Waals surface area contributed by atoms with Gasteiger partial charge in [0.25, 0.3) is 0 Å². The van der Waals surface area contributed by atoms with E-state index in [1.165, 1.54) is 44.5 Å². The van der Waals surface area contributed by atoms with Crippen LogP contribution in [0.25, 0.3) is 11.1 Å². The van der Waals surface area contributed by atoms with Gasteiger partial charge in [0, 0.05) is 6.04 Å². The van der Waals surface area contributed by atoms with E-state index in [9.17, 15) is 0 Å². The first-order valence-electron chi connectivity index (χ1n) is 7.73. The average Bonchev–Trinajstić information content (AvgIpc) is 2.51. The quantitative estimate of drug-likeness (QED) is 0.817. The Balaban J connectivity index is 2.80. The molecule has 1 heteroatoms. The lowest BCUT2D eigenvalue weighted by molar-refractivity contribution is 0.653. The first-order chi connectivity index (χ1) is 9.90. The highest BCUT2D eigenvalue weighted by atomic mass is 14.9. The molecule has 0 aliphatic carbocycles. The van der Waals surface area contributed by atoms with E-state index in [4.69, 9.17) is 0 Å². The molecule has 2 aromatic rings. The van der Waals surface area contributed by atoms with Crippen molar-refractivity contribution in [1.29, 1.82) is 0 Å². The normalized spacial score (nSPS) is 12.5. The van der Waals surface area contributed by atoms with Gasteiger partial charge in [0.2, 0.25) is 0 Å². The van der Waals surface area contributed by atoms with Gasteiger partial charge in [-0.15, -0.1) is 0 Å². The Morgan fingerprint density at radius 3 is 1.76 bits per heavy atom. The fourth-order valence-corrected chi connectivity index (χ4v) is 3.16. The first-order valence-corrected chi connectivity index (χ1v) is 7.73. The average molecular weight is 281 g/mol. The molecule has 0 aromatic heterocycles. The molecule has 112 valence electrons. The summed E-state index contributed by atoms with van der Waals surface area (Å²) in [6.45, 7) is 13.4. The van der Waals surface area contributed by atoms with Gasteiger partial charge in [0.1, 0.15) is 0 Å². The summed E-state index contributed by atoms with van der Waals surface area (Å²) in [7, 11) is 2.02. The van der Waals surface area contributed by atoms with Crippen molar-refractivity contribution in [3.8, 4) is 11.1 Å². The molecule has 2 aromatic carbocycles. The van der Waals surface area contributed by atoms with Crippen LogP contribution in [0, 0.1) is 34.6 Å². The number of rotatable bonds is 3. The smallest absolute Gasteiger partial charge is 0.0295 e. The summed E-state index contributed by atoms with van der Waals surface area (Å²) >= 11 is 0. The van der Waals surface area contributed by atoms with Crippen molar-refractivity contribution in [3.05, 3.63) is 57.6 Å². The van der Waals surface area contributed by atoms with Crippen molar-refractivity contribution in [2.75, 3.05) is 7.05 Å². The lowest BCUT2D eigenvalue weighted by Gasteiger charge is -2.23. The van der Waals surface area contributed by atoms with E-state index in [0.29, 0.717) is 6.04 Å². The maximum absolute atomic E-state index is 3.37. The zero-order chi connectivity index (χ0) is 15.7. The summed E-state index contributed by atoms with van der Waals surface area (Å²) < 4.78 is 0. The molecule has 1 atom stereocenters.